The van der Waals surface area contributed by atoms with Gasteiger partial charge in [0.25, 0.3) is 5.91 Å². The second kappa shape index (κ2) is 12.6. The fourth-order valence-electron chi connectivity index (χ4n) is 5.67. The summed E-state index contributed by atoms with van der Waals surface area (Å²) < 4.78 is 86.8. The van der Waals surface area contributed by atoms with Crippen molar-refractivity contribution >= 4 is 38.3 Å². The van der Waals surface area contributed by atoms with E-state index in [-0.39, 0.29) is 41.3 Å². The molecular formula is C34H30F3N3O6S. The van der Waals surface area contributed by atoms with Crippen LogP contribution in [0.1, 0.15) is 28.6 Å². The minimum absolute atomic E-state index is 0.0449. The van der Waals surface area contributed by atoms with E-state index in [4.69, 9.17) is 13.9 Å². The average molecular weight is 666 g/mol. The molecule has 0 fully saturated rings. The molecule has 1 atom stereocenters. The van der Waals surface area contributed by atoms with Crippen molar-refractivity contribution < 1.29 is 40.3 Å². The minimum Gasteiger partial charge on any atom is -0.496 e. The van der Waals surface area contributed by atoms with Gasteiger partial charge in [0.05, 0.1) is 42.5 Å². The van der Waals surface area contributed by atoms with Gasteiger partial charge in [-0.1, -0.05) is 12.1 Å². The van der Waals surface area contributed by atoms with Crippen molar-refractivity contribution in [3.8, 4) is 33.9 Å². The Balaban J connectivity index is 1.60. The number of methoxy groups -OCH3 is 1. The van der Waals surface area contributed by atoms with Crippen molar-refractivity contribution in [1.29, 1.82) is 0 Å². The van der Waals surface area contributed by atoms with Crippen LogP contribution in [0.25, 0.3) is 33.4 Å². The van der Waals surface area contributed by atoms with E-state index in [1.54, 1.807) is 36.4 Å². The van der Waals surface area contributed by atoms with Crippen molar-refractivity contribution in [2.45, 2.75) is 12.6 Å². The molecule has 0 spiro atoms. The lowest BCUT2D eigenvalue weighted by molar-refractivity contribution is 0.0964. The number of para-hydroxylation sites is 1. The van der Waals surface area contributed by atoms with Gasteiger partial charge in [0.15, 0.2) is 17.8 Å². The molecule has 0 bridgehead atoms. The first-order valence-corrected chi connectivity index (χ1v) is 16.4. The summed E-state index contributed by atoms with van der Waals surface area (Å²) in [4.78, 5) is 13.3. The maximum absolute atomic E-state index is 14.5. The van der Waals surface area contributed by atoms with Crippen LogP contribution in [0.3, 0.4) is 0 Å². The zero-order valence-corrected chi connectivity index (χ0v) is 26.4. The van der Waals surface area contributed by atoms with Gasteiger partial charge in [-0.25, -0.2) is 17.2 Å². The second-order valence-electron chi connectivity index (χ2n) is 10.9. The molecule has 0 saturated carbocycles. The molecule has 9 nitrogen and oxygen atoms in total. The average Bonchev–Trinajstić information content (AvgIpc) is 3.66. The molecule has 1 amide bonds. The van der Waals surface area contributed by atoms with Crippen molar-refractivity contribution in [2.75, 3.05) is 43.3 Å². The maximum Gasteiger partial charge on any atom is 0.255 e. The third-order valence-electron chi connectivity index (χ3n) is 7.84. The minimum atomic E-state index is -3.95. The summed E-state index contributed by atoms with van der Waals surface area (Å²) in [6, 6.07) is 18.1. The molecule has 6 rings (SSSR count). The number of hydrogen-bond donors (Lipinski definition) is 2. The number of carbonyl (C=O) groups is 1. The Morgan fingerprint density at radius 2 is 1.79 bits per heavy atom. The summed E-state index contributed by atoms with van der Waals surface area (Å²) in [5.74, 6) is -0.908. The van der Waals surface area contributed by atoms with E-state index in [2.05, 4.69) is 10.6 Å². The second-order valence-corrected chi connectivity index (χ2v) is 12.8. The molecule has 1 unspecified atom stereocenters. The summed E-state index contributed by atoms with van der Waals surface area (Å²) in [6.07, 6.45) is 0.0785. The number of nitrogens with one attached hydrogen (secondary N) is 2. The number of furan rings is 1. The van der Waals surface area contributed by atoms with Gasteiger partial charge in [0.2, 0.25) is 10.0 Å². The van der Waals surface area contributed by atoms with Gasteiger partial charge >= 0.3 is 0 Å². The molecule has 13 heteroatoms. The number of carbonyl (C=O) groups excluding carboxylic acids is 1. The van der Waals surface area contributed by atoms with Gasteiger partial charge in [0, 0.05) is 36.2 Å². The number of amides is 1. The van der Waals surface area contributed by atoms with Crippen LogP contribution in [0.4, 0.5) is 24.5 Å². The van der Waals surface area contributed by atoms with E-state index < -0.39 is 40.5 Å². The highest BCUT2D eigenvalue weighted by Gasteiger charge is 2.31. The van der Waals surface area contributed by atoms with Crippen LogP contribution in [-0.4, -0.2) is 48.0 Å². The molecule has 0 saturated heterocycles. The van der Waals surface area contributed by atoms with Gasteiger partial charge in [-0.2, -0.15) is 0 Å². The number of anilines is 2. The van der Waals surface area contributed by atoms with E-state index in [0.29, 0.717) is 39.1 Å². The molecule has 4 aromatic carbocycles. The van der Waals surface area contributed by atoms with Crippen LogP contribution in [0.15, 0.2) is 77.2 Å². The molecule has 47 heavy (non-hydrogen) atoms. The summed E-state index contributed by atoms with van der Waals surface area (Å²) in [5.41, 5.74) is 2.69. The van der Waals surface area contributed by atoms with Crippen LogP contribution in [-0.2, 0) is 10.0 Å². The number of ether oxygens (including phenoxy) is 2. The van der Waals surface area contributed by atoms with E-state index >= 15 is 0 Å². The third-order valence-corrected chi connectivity index (χ3v) is 9.02. The van der Waals surface area contributed by atoms with Gasteiger partial charge in [-0.3, -0.25) is 13.5 Å². The molecule has 0 radical (unpaired) electrons. The summed E-state index contributed by atoms with van der Waals surface area (Å²) in [5, 5.41) is 6.10. The Bertz CT molecular complexity index is 2100. The molecule has 2 heterocycles. The number of alkyl halides is 1. The lowest BCUT2D eigenvalue weighted by atomic mass is 9.96. The van der Waals surface area contributed by atoms with Crippen LogP contribution in [0.5, 0.6) is 11.5 Å². The summed E-state index contributed by atoms with van der Waals surface area (Å²) >= 11 is 0. The van der Waals surface area contributed by atoms with Crippen LogP contribution >= 0.6 is 0 Å². The van der Waals surface area contributed by atoms with E-state index in [0.717, 1.165) is 10.6 Å². The van der Waals surface area contributed by atoms with Crippen molar-refractivity contribution in [1.82, 2.24) is 5.32 Å². The normalized spacial score (nSPS) is 14.0. The molecule has 1 aliphatic heterocycles. The summed E-state index contributed by atoms with van der Waals surface area (Å²) in [7, 11) is -1.02. The first-order valence-electron chi connectivity index (χ1n) is 14.6. The maximum atomic E-state index is 14.5. The third kappa shape index (κ3) is 5.94. The number of benzene rings is 4. The molecule has 0 aliphatic carbocycles. The highest BCUT2D eigenvalue weighted by Crippen LogP contribution is 2.45. The number of rotatable bonds is 10. The standard InChI is InChI=1S/C34H30F3N3O6S/c1-38-33(41)30-23-17-22(20-10-13-28(44-2)24(16-20)34-39-26-7-4-6-25(37)32(26)46-34)27(40(15-5-14-35)47(3,42)43)18-29(23)45-31(30)19-8-11-21(36)12-9-19/h4,6-13,16-18,34,39H,5,14-15H2,1-3H3,(H,38,41). The topological polar surface area (TPSA) is 110 Å². The van der Waals surface area contributed by atoms with E-state index in [9.17, 15) is 26.4 Å². The van der Waals surface area contributed by atoms with E-state index in [1.165, 1.54) is 50.6 Å². The van der Waals surface area contributed by atoms with Crippen LogP contribution in [0.2, 0.25) is 0 Å². The monoisotopic (exact) mass is 665 g/mol. The quantitative estimate of drug-likeness (QED) is 0.165. The summed E-state index contributed by atoms with van der Waals surface area (Å²) in [6.45, 7) is -0.930. The Morgan fingerprint density at radius 1 is 1.04 bits per heavy atom. The van der Waals surface area contributed by atoms with Gasteiger partial charge < -0.3 is 24.5 Å². The smallest absolute Gasteiger partial charge is 0.255 e. The first-order chi connectivity index (χ1) is 22.5. The number of sulfonamides is 1. The highest BCUT2D eigenvalue weighted by atomic mass is 32.2. The fraction of sp³-hybridized carbons (Fsp3) is 0.206. The van der Waals surface area contributed by atoms with Crippen molar-refractivity contribution in [3.63, 3.8) is 0 Å². The number of halogens is 3. The lowest BCUT2D eigenvalue weighted by Crippen LogP contribution is -2.31. The van der Waals surface area contributed by atoms with Crippen molar-refractivity contribution in [3.05, 3.63) is 95.6 Å². The van der Waals surface area contributed by atoms with Crippen molar-refractivity contribution in [2.24, 2.45) is 0 Å². The van der Waals surface area contributed by atoms with Gasteiger partial charge in [-0.05, 0) is 66.6 Å². The van der Waals surface area contributed by atoms with Crippen LogP contribution in [0, 0.1) is 11.6 Å². The number of nitrogens with zero attached hydrogens (tertiary/aromatic N) is 1. The largest absolute Gasteiger partial charge is 0.496 e. The molecular weight excluding hydrogens is 635 g/mol. The fourth-order valence-corrected chi connectivity index (χ4v) is 6.64. The predicted octanol–water partition coefficient (Wildman–Crippen LogP) is 7.04. The van der Waals surface area contributed by atoms with Gasteiger partial charge in [0.1, 0.15) is 22.9 Å². The molecule has 2 N–H and O–H groups in total. The number of fused-ring (bicyclic) bond motifs is 2. The predicted molar refractivity (Wildman–Crippen MR) is 173 cm³/mol. The Hall–Kier alpha value is -5.17. The first kappa shape index (κ1) is 31.8. The number of hydrogen-bond acceptors (Lipinski definition) is 7. The Kier molecular flexibility index (Phi) is 8.49. The molecule has 1 aromatic heterocycles. The zero-order valence-electron chi connectivity index (χ0n) is 25.6. The zero-order chi connectivity index (χ0) is 33.5. The highest BCUT2D eigenvalue weighted by molar-refractivity contribution is 7.92. The molecule has 244 valence electrons. The lowest BCUT2D eigenvalue weighted by Gasteiger charge is -2.25. The SMILES string of the molecule is CNC(=O)c1c(-c2ccc(F)cc2)oc2cc(N(CCCF)S(C)(=O)=O)c(-c3ccc(OC)c(C4Nc5cccc(F)c5O4)c3)cc12. The van der Waals surface area contributed by atoms with E-state index in [1.807, 2.05) is 0 Å². The Morgan fingerprint density at radius 3 is 2.45 bits per heavy atom. The van der Waals surface area contributed by atoms with Gasteiger partial charge in [-0.15, -0.1) is 0 Å². The van der Waals surface area contributed by atoms with Crippen LogP contribution < -0.4 is 24.4 Å². The molecule has 1 aliphatic rings. The molecule has 5 aromatic rings. The Labute approximate surface area is 268 Å².